The summed E-state index contributed by atoms with van der Waals surface area (Å²) < 4.78 is 11.6. The van der Waals surface area contributed by atoms with Crippen molar-refractivity contribution in [3.8, 4) is 0 Å². The van der Waals surface area contributed by atoms with E-state index in [0.29, 0.717) is 19.8 Å². The molecule has 4 nitrogen and oxygen atoms in total. The van der Waals surface area contributed by atoms with E-state index in [1.807, 2.05) is 0 Å². The van der Waals surface area contributed by atoms with Crippen LogP contribution in [0.2, 0.25) is 0 Å². The molecule has 0 saturated heterocycles. The summed E-state index contributed by atoms with van der Waals surface area (Å²) in [5, 5.41) is 0. The van der Waals surface area contributed by atoms with Crippen LogP contribution in [-0.4, -0.2) is 51.0 Å². The van der Waals surface area contributed by atoms with Gasteiger partial charge in [-0.3, -0.25) is 4.79 Å². The molecule has 0 saturated carbocycles. The van der Waals surface area contributed by atoms with Crippen LogP contribution in [0.3, 0.4) is 0 Å². The Hall–Kier alpha value is -0.610. The minimum Gasteiger partial charge on any atom is -0.460 e. The van der Waals surface area contributed by atoms with Gasteiger partial charge < -0.3 is 14.0 Å². The molecule has 0 rings (SSSR count). The van der Waals surface area contributed by atoms with Crippen LogP contribution < -0.4 is 0 Å². The molecular weight excluding hydrogens is 278 g/mol. The molecule has 0 spiro atoms. The zero-order valence-electron chi connectivity index (χ0n) is 15.4. The van der Waals surface area contributed by atoms with Crippen molar-refractivity contribution in [1.82, 2.24) is 0 Å². The van der Waals surface area contributed by atoms with Gasteiger partial charge in [0.2, 0.25) is 0 Å². The van der Waals surface area contributed by atoms with E-state index >= 15 is 0 Å². The average Bonchev–Trinajstić information content (AvgIpc) is 2.46. The Morgan fingerprint density at radius 3 is 2.14 bits per heavy atom. The van der Waals surface area contributed by atoms with Crippen molar-refractivity contribution in [3.63, 3.8) is 0 Å². The van der Waals surface area contributed by atoms with E-state index in [9.17, 15) is 4.79 Å². The number of esters is 1. The summed E-state index contributed by atoms with van der Waals surface area (Å²) in [6.07, 6.45) is 10.2. The standard InChI is InChI=1S/C18H38NO3/c1-5-7-8-9-10-11-12-13-18(20)22-16-14-19(3,4)17-21-15-6-2/h5-17H2,1-4H3/q+1. The molecule has 0 aliphatic heterocycles. The quantitative estimate of drug-likeness (QED) is 0.197. The second kappa shape index (κ2) is 14.0. The smallest absolute Gasteiger partial charge is 0.305 e. The number of rotatable bonds is 15. The third-order valence-electron chi connectivity index (χ3n) is 3.73. The van der Waals surface area contributed by atoms with Crippen molar-refractivity contribution < 1.29 is 18.8 Å². The third-order valence-corrected chi connectivity index (χ3v) is 3.73. The number of carbonyl (C=O) groups excluding carboxylic acids is 1. The van der Waals surface area contributed by atoms with Gasteiger partial charge in [0.15, 0.2) is 6.73 Å². The van der Waals surface area contributed by atoms with Crippen LogP contribution >= 0.6 is 0 Å². The Labute approximate surface area is 137 Å². The zero-order valence-corrected chi connectivity index (χ0v) is 15.4. The largest absolute Gasteiger partial charge is 0.460 e. The van der Waals surface area contributed by atoms with Crippen LogP contribution in [0.25, 0.3) is 0 Å². The highest BCUT2D eigenvalue weighted by Gasteiger charge is 2.15. The maximum absolute atomic E-state index is 11.7. The van der Waals surface area contributed by atoms with Crippen LogP contribution in [0.1, 0.15) is 71.6 Å². The molecule has 0 atom stereocenters. The van der Waals surface area contributed by atoms with E-state index in [1.165, 1.54) is 32.1 Å². The molecule has 4 heteroatoms. The van der Waals surface area contributed by atoms with Gasteiger partial charge in [0.1, 0.15) is 13.2 Å². The van der Waals surface area contributed by atoms with E-state index < -0.39 is 0 Å². The van der Waals surface area contributed by atoms with Crippen molar-refractivity contribution in [3.05, 3.63) is 0 Å². The summed E-state index contributed by atoms with van der Waals surface area (Å²) >= 11 is 0. The van der Waals surface area contributed by atoms with Crippen molar-refractivity contribution in [1.29, 1.82) is 0 Å². The zero-order chi connectivity index (χ0) is 16.7. The van der Waals surface area contributed by atoms with Gasteiger partial charge >= 0.3 is 5.97 Å². The first-order valence-corrected chi connectivity index (χ1v) is 9.07. The molecule has 0 aromatic heterocycles. The van der Waals surface area contributed by atoms with Crippen molar-refractivity contribution >= 4 is 5.97 Å². The fraction of sp³-hybridized carbons (Fsp3) is 0.944. The highest BCUT2D eigenvalue weighted by molar-refractivity contribution is 5.69. The first-order valence-electron chi connectivity index (χ1n) is 9.07. The van der Waals surface area contributed by atoms with Crippen LogP contribution in [0.5, 0.6) is 0 Å². The number of likely N-dealkylation sites (N-methyl/N-ethyl adjacent to an activating group) is 1. The van der Waals surface area contributed by atoms with Crippen LogP contribution in [0, 0.1) is 0 Å². The molecule has 0 unspecified atom stereocenters. The number of quaternary nitrogens is 1. The Morgan fingerprint density at radius 1 is 0.864 bits per heavy atom. The molecule has 0 fully saturated rings. The summed E-state index contributed by atoms with van der Waals surface area (Å²) in [6.45, 7) is 7.07. The Bertz CT molecular complexity index is 267. The average molecular weight is 317 g/mol. The molecular formula is C18H38NO3+. The maximum Gasteiger partial charge on any atom is 0.305 e. The van der Waals surface area contributed by atoms with Gasteiger partial charge in [-0.05, 0) is 12.8 Å². The van der Waals surface area contributed by atoms with Crippen LogP contribution in [-0.2, 0) is 14.3 Å². The predicted octanol–water partition coefficient (Wildman–Crippen LogP) is 4.13. The predicted molar refractivity (Wildman–Crippen MR) is 91.7 cm³/mol. The molecule has 0 aromatic carbocycles. The van der Waals surface area contributed by atoms with Gasteiger partial charge in [0.05, 0.1) is 20.7 Å². The van der Waals surface area contributed by atoms with Crippen LogP contribution in [0.15, 0.2) is 0 Å². The molecule has 0 aliphatic rings. The van der Waals surface area contributed by atoms with Crippen LogP contribution in [0.4, 0.5) is 0 Å². The fourth-order valence-electron chi connectivity index (χ4n) is 2.23. The number of ether oxygens (including phenoxy) is 2. The summed E-state index contributed by atoms with van der Waals surface area (Å²) in [7, 11) is 4.19. The third kappa shape index (κ3) is 14.3. The van der Waals surface area contributed by atoms with E-state index in [1.54, 1.807) is 0 Å². The maximum atomic E-state index is 11.7. The SMILES string of the molecule is CCCCCCCCCC(=O)OCC[N+](C)(C)COCCC. The first kappa shape index (κ1) is 21.4. The first-order chi connectivity index (χ1) is 10.5. The van der Waals surface area contributed by atoms with Crippen molar-refractivity contribution in [2.45, 2.75) is 71.6 Å². The number of carbonyl (C=O) groups is 1. The molecule has 132 valence electrons. The summed E-state index contributed by atoms with van der Waals surface area (Å²) in [5.41, 5.74) is 0. The van der Waals surface area contributed by atoms with E-state index in [4.69, 9.17) is 9.47 Å². The van der Waals surface area contributed by atoms with E-state index in [2.05, 4.69) is 27.9 Å². The topological polar surface area (TPSA) is 35.5 Å². The molecule has 0 aromatic rings. The van der Waals surface area contributed by atoms with Gasteiger partial charge in [0.25, 0.3) is 0 Å². The van der Waals surface area contributed by atoms with Gasteiger partial charge in [-0.15, -0.1) is 0 Å². The summed E-state index contributed by atoms with van der Waals surface area (Å²) in [5.74, 6) is -0.0527. The van der Waals surface area contributed by atoms with Gasteiger partial charge in [-0.2, -0.15) is 0 Å². The van der Waals surface area contributed by atoms with E-state index in [-0.39, 0.29) is 5.97 Å². The Kier molecular flexibility index (Phi) is 13.6. The normalized spacial score (nSPS) is 11.6. The Balaban J connectivity index is 3.48. The van der Waals surface area contributed by atoms with Gasteiger partial charge in [0, 0.05) is 6.42 Å². The molecule has 22 heavy (non-hydrogen) atoms. The highest BCUT2D eigenvalue weighted by atomic mass is 16.5. The minimum atomic E-state index is -0.0527. The molecule has 0 aliphatic carbocycles. The summed E-state index contributed by atoms with van der Waals surface area (Å²) in [4.78, 5) is 11.7. The lowest BCUT2D eigenvalue weighted by Crippen LogP contribution is -2.44. The Morgan fingerprint density at radius 2 is 1.50 bits per heavy atom. The number of nitrogens with zero attached hydrogens (tertiary/aromatic N) is 1. The lowest BCUT2D eigenvalue weighted by atomic mass is 10.1. The number of unbranched alkanes of at least 4 members (excludes halogenated alkanes) is 6. The lowest BCUT2D eigenvalue weighted by Gasteiger charge is -2.28. The van der Waals surface area contributed by atoms with Gasteiger partial charge in [-0.25, -0.2) is 0 Å². The summed E-state index contributed by atoms with van der Waals surface area (Å²) in [6, 6.07) is 0. The van der Waals surface area contributed by atoms with Crippen molar-refractivity contribution in [2.24, 2.45) is 0 Å². The molecule has 0 bridgehead atoms. The fourth-order valence-corrected chi connectivity index (χ4v) is 2.23. The number of hydrogen-bond donors (Lipinski definition) is 0. The minimum absolute atomic E-state index is 0.0527. The monoisotopic (exact) mass is 316 g/mol. The second-order valence-corrected chi connectivity index (χ2v) is 6.79. The molecule has 0 N–H and O–H groups in total. The van der Waals surface area contributed by atoms with Gasteiger partial charge in [-0.1, -0.05) is 52.4 Å². The van der Waals surface area contributed by atoms with Crippen molar-refractivity contribution in [2.75, 3.05) is 40.6 Å². The lowest BCUT2D eigenvalue weighted by molar-refractivity contribution is -0.909. The second-order valence-electron chi connectivity index (χ2n) is 6.79. The molecule has 0 amide bonds. The molecule has 0 radical (unpaired) electrons. The molecule has 0 heterocycles. The number of hydrogen-bond acceptors (Lipinski definition) is 3. The van der Waals surface area contributed by atoms with E-state index in [0.717, 1.165) is 36.9 Å². The highest BCUT2D eigenvalue weighted by Crippen LogP contribution is 2.09.